The highest BCUT2D eigenvalue weighted by Gasteiger charge is 2.13. The Balaban J connectivity index is 2.15. The molecule has 0 saturated heterocycles. The van der Waals surface area contributed by atoms with Gasteiger partial charge >= 0.3 is 0 Å². The van der Waals surface area contributed by atoms with Crippen molar-refractivity contribution in [2.75, 3.05) is 0 Å². The quantitative estimate of drug-likeness (QED) is 0.786. The van der Waals surface area contributed by atoms with E-state index >= 15 is 0 Å². The van der Waals surface area contributed by atoms with Crippen molar-refractivity contribution >= 4 is 21.7 Å². The van der Waals surface area contributed by atoms with Gasteiger partial charge in [0.2, 0.25) is 0 Å². The number of carbonyl (C=O) groups is 1. The fraction of sp³-hybridized carbons (Fsp3) is 0.400. The van der Waals surface area contributed by atoms with Gasteiger partial charge in [-0.1, -0.05) is 41.9 Å². The van der Waals surface area contributed by atoms with Gasteiger partial charge in [0.25, 0.3) is 0 Å². The summed E-state index contributed by atoms with van der Waals surface area (Å²) in [6, 6.07) is 5.66. The maximum atomic E-state index is 12.3. The molecule has 106 valence electrons. The van der Waals surface area contributed by atoms with Crippen LogP contribution in [0.2, 0.25) is 0 Å². The molecule has 0 spiro atoms. The summed E-state index contributed by atoms with van der Waals surface area (Å²) in [5.41, 5.74) is 1.81. The van der Waals surface area contributed by atoms with Gasteiger partial charge in [0.05, 0.1) is 6.42 Å². The number of hydrogen-bond acceptors (Lipinski definition) is 3. The molecule has 2 aromatic rings. The molecule has 0 saturated carbocycles. The van der Waals surface area contributed by atoms with Crippen LogP contribution >= 0.6 is 15.9 Å². The number of halogens is 1. The van der Waals surface area contributed by atoms with E-state index < -0.39 is 0 Å². The van der Waals surface area contributed by atoms with Crippen molar-refractivity contribution in [3.63, 3.8) is 0 Å². The number of aromatic nitrogens is 3. The van der Waals surface area contributed by atoms with Crippen LogP contribution in [0, 0.1) is 12.8 Å². The van der Waals surface area contributed by atoms with E-state index in [1.807, 2.05) is 29.8 Å². The van der Waals surface area contributed by atoms with Crippen LogP contribution in [0.4, 0.5) is 0 Å². The Kier molecular flexibility index (Phi) is 4.70. The van der Waals surface area contributed by atoms with Gasteiger partial charge in [-0.25, -0.2) is 9.67 Å². The Morgan fingerprint density at radius 3 is 2.80 bits per heavy atom. The first-order valence-electron chi connectivity index (χ1n) is 6.63. The molecule has 20 heavy (non-hydrogen) atoms. The third-order valence-corrected chi connectivity index (χ3v) is 3.90. The first-order chi connectivity index (χ1) is 9.47. The Labute approximate surface area is 127 Å². The molecule has 0 fully saturated rings. The fourth-order valence-electron chi connectivity index (χ4n) is 1.94. The first kappa shape index (κ1) is 14.9. The summed E-state index contributed by atoms with van der Waals surface area (Å²) < 4.78 is 2.76. The van der Waals surface area contributed by atoms with Crippen molar-refractivity contribution in [1.82, 2.24) is 14.8 Å². The zero-order valence-electron chi connectivity index (χ0n) is 11.9. The number of nitrogens with zero attached hydrogens (tertiary/aromatic N) is 3. The van der Waals surface area contributed by atoms with Gasteiger partial charge in [-0.2, -0.15) is 5.10 Å². The molecule has 0 atom stereocenters. The molecule has 2 rings (SSSR count). The van der Waals surface area contributed by atoms with E-state index in [4.69, 9.17) is 0 Å². The minimum Gasteiger partial charge on any atom is -0.294 e. The minimum atomic E-state index is 0.0590. The molecular formula is C15H18BrN3O. The molecule has 0 aliphatic heterocycles. The predicted molar refractivity (Wildman–Crippen MR) is 81.8 cm³/mol. The van der Waals surface area contributed by atoms with Crippen molar-refractivity contribution in [2.24, 2.45) is 5.92 Å². The molecule has 4 nitrogen and oxygen atoms in total. The standard InChI is InChI=1S/C15H18BrN3O/c1-10(2)8-19-15(17-9-18-19)7-14(20)12-5-4-11(3)13(16)6-12/h4-6,9-10H,7-8H2,1-3H3. The van der Waals surface area contributed by atoms with E-state index in [1.165, 1.54) is 6.33 Å². The first-order valence-corrected chi connectivity index (χ1v) is 7.42. The lowest BCUT2D eigenvalue weighted by atomic mass is 10.1. The zero-order chi connectivity index (χ0) is 14.7. The third kappa shape index (κ3) is 3.54. The Hall–Kier alpha value is -1.49. The molecule has 0 amide bonds. The lowest BCUT2D eigenvalue weighted by molar-refractivity contribution is 0.0989. The van der Waals surface area contributed by atoms with E-state index in [9.17, 15) is 4.79 Å². The number of carbonyl (C=O) groups excluding carboxylic acids is 1. The van der Waals surface area contributed by atoms with E-state index in [-0.39, 0.29) is 12.2 Å². The fourth-order valence-corrected chi connectivity index (χ4v) is 2.31. The maximum Gasteiger partial charge on any atom is 0.170 e. The van der Waals surface area contributed by atoms with E-state index in [0.29, 0.717) is 11.5 Å². The van der Waals surface area contributed by atoms with Crippen LogP contribution in [0.5, 0.6) is 0 Å². The van der Waals surface area contributed by atoms with Crippen LogP contribution in [-0.4, -0.2) is 20.5 Å². The largest absolute Gasteiger partial charge is 0.294 e. The smallest absolute Gasteiger partial charge is 0.170 e. The van der Waals surface area contributed by atoms with Gasteiger partial charge in [0, 0.05) is 16.6 Å². The van der Waals surface area contributed by atoms with Crippen molar-refractivity contribution in [3.8, 4) is 0 Å². The normalized spacial score (nSPS) is 11.1. The van der Waals surface area contributed by atoms with Gasteiger partial charge < -0.3 is 0 Å². The summed E-state index contributed by atoms with van der Waals surface area (Å²) in [4.78, 5) is 16.5. The van der Waals surface area contributed by atoms with Crippen molar-refractivity contribution in [2.45, 2.75) is 33.7 Å². The van der Waals surface area contributed by atoms with Crippen LogP contribution in [-0.2, 0) is 13.0 Å². The van der Waals surface area contributed by atoms with Crippen LogP contribution < -0.4 is 0 Å². The number of aryl methyl sites for hydroxylation is 1. The second-order valence-electron chi connectivity index (χ2n) is 5.32. The highest BCUT2D eigenvalue weighted by molar-refractivity contribution is 9.10. The van der Waals surface area contributed by atoms with Crippen molar-refractivity contribution < 1.29 is 4.79 Å². The zero-order valence-corrected chi connectivity index (χ0v) is 13.5. The van der Waals surface area contributed by atoms with Crippen LogP contribution in [0.3, 0.4) is 0 Å². The third-order valence-electron chi connectivity index (χ3n) is 3.05. The van der Waals surface area contributed by atoms with Gasteiger partial charge in [-0.15, -0.1) is 0 Å². The Bertz CT molecular complexity index is 619. The summed E-state index contributed by atoms with van der Waals surface area (Å²) >= 11 is 3.45. The predicted octanol–water partition coefficient (Wildman–Crippen LogP) is 3.43. The number of ketones is 1. The van der Waals surface area contributed by atoms with Crippen LogP contribution in [0.25, 0.3) is 0 Å². The summed E-state index contributed by atoms with van der Waals surface area (Å²) in [7, 11) is 0. The van der Waals surface area contributed by atoms with Crippen molar-refractivity contribution in [3.05, 3.63) is 46.0 Å². The van der Waals surface area contributed by atoms with E-state index in [1.54, 1.807) is 0 Å². The average molecular weight is 336 g/mol. The lowest BCUT2D eigenvalue weighted by Gasteiger charge is -2.08. The van der Waals surface area contributed by atoms with E-state index in [0.717, 1.165) is 22.4 Å². The molecule has 5 heteroatoms. The number of hydrogen-bond donors (Lipinski definition) is 0. The van der Waals surface area contributed by atoms with Crippen LogP contribution in [0.1, 0.15) is 35.6 Å². The number of rotatable bonds is 5. The summed E-state index contributed by atoms with van der Waals surface area (Å²) in [5.74, 6) is 1.25. The molecule has 0 aliphatic rings. The summed E-state index contributed by atoms with van der Waals surface area (Å²) in [6.45, 7) is 7.01. The molecule has 1 aromatic heterocycles. The molecule has 1 aromatic carbocycles. The summed E-state index contributed by atoms with van der Waals surface area (Å²) in [6.07, 6.45) is 1.79. The Morgan fingerprint density at radius 2 is 2.15 bits per heavy atom. The summed E-state index contributed by atoms with van der Waals surface area (Å²) in [5, 5.41) is 4.18. The average Bonchev–Trinajstić information content (AvgIpc) is 2.79. The van der Waals surface area contributed by atoms with Gasteiger partial charge in [-0.3, -0.25) is 4.79 Å². The maximum absolute atomic E-state index is 12.3. The van der Waals surface area contributed by atoms with Crippen LogP contribution in [0.15, 0.2) is 29.0 Å². The van der Waals surface area contributed by atoms with Crippen molar-refractivity contribution in [1.29, 1.82) is 0 Å². The van der Waals surface area contributed by atoms with Gasteiger partial charge in [0.15, 0.2) is 5.78 Å². The molecule has 0 unspecified atom stereocenters. The molecule has 0 bridgehead atoms. The number of benzene rings is 1. The second-order valence-corrected chi connectivity index (χ2v) is 6.17. The molecule has 0 aliphatic carbocycles. The second kappa shape index (κ2) is 6.31. The van der Waals surface area contributed by atoms with Gasteiger partial charge in [-0.05, 0) is 24.5 Å². The minimum absolute atomic E-state index is 0.0590. The van der Waals surface area contributed by atoms with Gasteiger partial charge in [0.1, 0.15) is 12.2 Å². The highest BCUT2D eigenvalue weighted by atomic mass is 79.9. The number of Topliss-reactive ketones (excluding diaryl/α,β-unsaturated/α-hetero) is 1. The van der Waals surface area contributed by atoms with E-state index in [2.05, 4.69) is 39.9 Å². The molecule has 0 N–H and O–H groups in total. The molecule has 0 radical (unpaired) electrons. The molecule has 1 heterocycles. The SMILES string of the molecule is Cc1ccc(C(=O)Cc2ncnn2CC(C)C)cc1Br. The molecular weight excluding hydrogens is 318 g/mol. The topological polar surface area (TPSA) is 47.8 Å². The highest BCUT2D eigenvalue weighted by Crippen LogP contribution is 2.18. The Morgan fingerprint density at radius 1 is 1.40 bits per heavy atom. The monoisotopic (exact) mass is 335 g/mol. The lowest BCUT2D eigenvalue weighted by Crippen LogP contribution is -2.14.